The molecule has 1 aliphatic heterocycles. The highest BCUT2D eigenvalue weighted by atomic mass is 16.5. The molecule has 6 nitrogen and oxygen atoms in total. The minimum Gasteiger partial charge on any atom is -0.507 e. The van der Waals surface area contributed by atoms with Crippen LogP contribution in [-0.4, -0.2) is 41.5 Å². The lowest BCUT2D eigenvalue weighted by Gasteiger charge is -2.26. The van der Waals surface area contributed by atoms with Gasteiger partial charge in [-0.15, -0.1) is 0 Å². The third-order valence-electron chi connectivity index (χ3n) is 6.39. The van der Waals surface area contributed by atoms with Crippen molar-refractivity contribution in [3.8, 4) is 11.5 Å². The molecule has 0 saturated carbocycles. The summed E-state index contributed by atoms with van der Waals surface area (Å²) < 4.78 is 11.7. The van der Waals surface area contributed by atoms with Crippen LogP contribution in [0.15, 0.2) is 78.4 Å². The van der Waals surface area contributed by atoms with E-state index < -0.39 is 17.7 Å². The van der Waals surface area contributed by atoms with Gasteiger partial charge in [-0.3, -0.25) is 9.59 Å². The number of carbonyl (C=O) groups is 2. The molecule has 3 aromatic rings. The average Bonchev–Trinajstić information content (AvgIpc) is 3.17. The number of Topliss-reactive ketones (excluding diaryl/α,β-unsaturated/α-hetero) is 1. The molecule has 0 spiro atoms. The average molecular weight is 500 g/mol. The predicted octanol–water partition coefficient (Wildman–Crippen LogP) is 5.85. The van der Waals surface area contributed by atoms with Crippen LogP contribution in [0.4, 0.5) is 0 Å². The molecule has 1 unspecified atom stereocenters. The Morgan fingerprint density at radius 1 is 0.919 bits per heavy atom. The van der Waals surface area contributed by atoms with Crippen LogP contribution >= 0.6 is 0 Å². The first-order valence-electron chi connectivity index (χ1n) is 12.7. The van der Waals surface area contributed by atoms with Gasteiger partial charge in [0.05, 0.1) is 24.8 Å². The van der Waals surface area contributed by atoms with Crippen molar-refractivity contribution < 1.29 is 24.2 Å². The molecule has 1 atom stereocenters. The van der Waals surface area contributed by atoms with Crippen LogP contribution in [0.25, 0.3) is 5.76 Å². The van der Waals surface area contributed by atoms with Gasteiger partial charge in [-0.1, -0.05) is 73.2 Å². The fourth-order valence-electron chi connectivity index (χ4n) is 4.51. The van der Waals surface area contributed by atoms with Gasteiger partial charge in [-0.25, -0.2) is 0 Å². The molecule has 3 aromatic carbocycles. The topological polar surface area (TPSA) is 76.1 Å². The highest BCUT2D eigenvalue weighted by Gasteiger charge is 2.46. The number of ether oxygens (including phenoxy) is 2. The molecular weight excluding hydrogens is 466 g/mol. The number of carbonyl (C=O) groups excluding carboxylic acids is 2. The predicted molar refractivity (Wildman–Crippen MR) is 144 cm³/mol. The lowest BCUT2D eigenvalue weighted by Crippen LogP contribution is -2.31. The molecule has 1 fully saturated rings. The highest BCUT2D eigenvalue weighted by molar-refractivity contribution is 6.46. The second-order valence-corrected chi connectivity index (χ2v) is 9.08. The third kappa shape index (κ3) is 5.69. The zero-order chi connectivity index (χ0) is 26.4. The molecule has 0 aromatic heterocycles. The third-order valence-corrected chi connectivity index (χ3v) is 6.39. The van der Waals surface area contributed by atoms with Crippen molar-refractivity contribution in [1.29, 1.82) is 0 Å². The van der Waals surface area contributed by atoms with Gasteiger partial charge in [-0.2, -0.15) is 0 Å². The first-order chi connectivity index (χ1) is 17.9. The maximum Gasteiger partial charge on any atom is 0.295 e. The quantitative estimate of drug-likeness (QED) is 0.215. The molecule has 1 saturated heterocycles. The number of aliphatic hydroxyl groups excluding tert-OH is 1. The lowest BCUT2D eigenvalue weighted by atomic mass is 9.94. The molecule has 1 aliphatic rings. The molecule has 1 heterocycles. The Labute approximate surface area is 218 Å². The van der Waals surface area contributed by atoms with Gasteiger partial charge in [0, 0.05) is 12.1 Å². The van der Waals surface area contributed by atoms with E-state index in [9.17, 15) is 14.7 Å². The number of hydrogen-bond donors (Lipinski definition) is 1. The van der Waals surface area contributed by atoms with Crippen LogP contribution in [0.3, 0.4) is 0 Å². The number of ketones is 1. The molecule has 6 heteroatoms. The van der Waals surface area contributed by atoms with Gasteiger partial charge in [0.15, 0.2) is 11.5 Å². The zero-order valence-electron chi connectivity index (χ0n) is 21.6. The first kappa shape index (κ1) is 26.0. The summed E-state index contributed by atoms with van der Waals surface area (Å²) in [6, 6.07) is 21.7. The Kier molecular flexibility index (Phi) is 8.29. The van der Waals surface area contributed by atoms with Crippen LogP contribution in [0.5, 0.6) is 11.5 Å². The van der Waals surface area contributed by atoms with Gasteiger partial charge in [0.1, 0.15) is 5.76 Å². The molecule has 0 aliphatic carbocycles. The van der Waals surface area contributed by atoms with Crippen LogP contribution in [-0.2, 0) is 16.0 Å². The van der Waals surface area contributed by atoms with E-state index in [1.807, 2.05) is 75.4 Å². The van der Waals surface area contributed by atoms with E-state index in [1.54, 1.807) is 23.1 Å². The number of hydrogen-bond acceptors (Lipinski definition) is 5. The summed E-state index contributed by atoms with van der Waals surface area (Å²) in [4.78, 5) is 28.2. The van der Waals surface area contributed by atoms with E-state index in [-0.39, 0.29) is 11.3 Å². The number of nitrogens with zero attached hydrogens (tertiary/aromatic N) is 1. The highest BCUT2D eigenvalue weighted by Crippen LogP contribution is 2.42. The fraction of sp³-hybridized carbons (Fsp3) is 0.290. The van der Waals surface area contributed by atoms with Crippen molar-refractivity contribution in [1.82, 2.24) is 4.90 Å². The van der Waals surface area contributed by atoms with Gasteiger partial charge in [-0.05, 0) is 49.9 Å². The maximum atomic E-state index is 13.3. The largest absolute Gasteiger partial charge is 0.507 e. The minimum absolute atomic E-state index is 0.0755. The number of likely N-dealkylation sites (tertiary alicyclic amines) is 1. The molecule has 37 heavy (non-hydrogen) atoms. The molecule has 192 valence electrons. The number of amides is 1. The SMILES string of the molecule is CCCOc1ccc(C2/C(=C(\O)c3ccc(C)cc3)C(=O)C(=O)N2CCc2ccccc2)cc1OCC. The number of benzene rings is 3. The number of rotatable bonds is 10. The fourth-order valence-corrected chi connectivity index (χ4v) is 4.51. The van der Waals surface area contributed by atoms with E-state index in [1.165, 1.54) is 0 Å². The van der Waals surface area contributed by atoms with Crippen LogP contribution in [0.2, 0.25) is 0 Å². The van der Waals surface area contributed by atoms with Crippen molar-refractivity contribution in [3.63, 3.8) is 0 Å². The lowest BCUT2D eigenvalue weighted by molar-refractivity contribution is -0.139. The summed E-state index contributed by atoms with van der Waals surface area (Å²) in [5, 5.41) is 11.3. The van der Waals surface area contributed by atoms with Crippen molar-refractivity contribution >= 4 is 17.4 Å². The second kappa shape index (κ2) is 11.8. The Hall–Kier alpha value is -4.06. The minimum atomic E-state index is -0.760. The van der Waals surface area contributed by atoms with Crippen molar-refractivity contribution in [2.24, 2.45) is 0 Å². The Balaban J connectivity index is 1.81. The van der Waals surface area contributed by atoms with Crippen molar-refractivity contribution in [2.45, 2.75) is 39.7 Å². The van der Waals surface area contributed by atoms with Crippen LogP contribution < -0.4 is 9.47 Å². The van der Waals surface area contributed by atoms with E-state index in [0.29, 0.717) is 48.8 Å². The molecule has 4 rings (SSSR count). The van der Waals surface area contributed by atoms with Crippen LogP contribution in [0.1, 0.15) is 48.6 Å². The van der Waals surface area contributed by atoms with Crippen molar-refractivity contribution in [2.75, 3.05) is 19.8 Å². The summed E-state index contributed by atoms with van der Waals surface area (Å²) in [6.45, 7) is 7.16. The van der Waals surface area contributed by atoms with Gasteiger partial charge in [0.25, 0.3) is 11.7 Å². The maximum absolute atomic E-state index is 13.3. The van der Waals surface area contributed by atoms with E-state index in [2.05, 4.69) is 0 Å². The number of aryl methyl sites for hydroxylation is 1. The molecule has 1 amide bonds. The molecule has 0 bridgehead atoms. The Morgan fingerprint density at radius 3 is 2.32 bits per heavy atom. The second-order valence-electron chi connectivity index (χ2n) is 9.08. The summed E-state index contributed by atoms with van der Waals surface area (Å²) in [5.41, 5.74) is 3.32. The number of aliphatic hydroxyl groups is 1. The summed E-state index contributed by atoms with van der Waals surface area (Å²) in [7, 11) is 0. The normalized spacial score (nSPS) is 16.7. The van der Waals surface area contributed by atoms with Gasteiger partial charge < -0.3 is 19.5 Å². The summed E-state index contributed by atoms with van der Waals surface area (Å²) in [6.07, 6.45) is 1.43. The standard InChI is InChI=1S/C31H33NO5/c1-4-19-37-25-16-15-24(20-26(25)36-5-2)28-27(29(33)23-13-11-21(3)12-14-23)30(34)31(35)32(28)18-17-22-9-7-6-8-10-22/h6-16,20,28,33H,4-5,17-19H2,1-3H3/b29-27+. The van der Waals surface area contributed by atoms with Crippen molar-refractivity contribution in [3.05, 3.63) is 101 Å². The summed E-state index contributed by atoms with van der Waals surface area (Å²) in [5.74, 6) is -0.362. The smallest absolute Gasteiger partial charge is 0.295 e. The van der Waals surface area contributed by atoms with E-state index >= 15 is 0 Å². The Bertz CT molecular complexity index is 1280. The molecular formula is C31H33NO5. The first-order valence-corrected chi connectivity index (χ1v) is 12.7. The Morgan fingerprint density at radius 2 is 1.65 bits per heavy atom. The summed E-state index contributed by atoms with van der Waals surface area (Å²) >= 11 is 0. The molecule has 0 radical (unpaired) electrons. The van der Waals surface area contributed by atoms with E-state index in [0.717, 1.165) is 17.5 Å². The van der Waals surface area contributed by atoms with E-state index in [4.69, 9.17) is 9.47 Å². The van der Waals surface area contributed by atoms with Crippen LogP contribution in [0, 0.1) is 6.92 Å². The zero-order valence-corrected chi connectivity index (χ0v) is 21.6. The monoisotopic (exact) mass is 499 g/mol. The van der Waals surface area contributed by atoms with Gasteiger partial charge in [0.2, 0.25) is 0 Å². The van der Waals surface area contributed by atoms with Gasteiger partial charge >= 0.3 is 0 Å². The molecule has 1 N–H and O–H groups in total.